The number of aliphatic carboxylic acids is 2. The number of aromatic hydroxyl groups is 1. The Labute approximate surface area is 227 Å². The molecule has 2 aromatic heterocycles. The summed E-state index contributed by atoms with van der Waals surface area (Å²) in [6, 6.07) is 11.0. The third kappa shape index (κ3) is 7.29. The predicted molar refractivity (Wildman–Crippen MR) is 135 cm³/mol. The molecule has 0 aliphatic carbocycles. The number of thioether (sulfide) groups is 1. The molecule has 4 N–H and O–H groups in total. The van der Waals surface area contributed by atoms with Gasteiger partial charge in [0.1, 0.15) is 17.9 Å². The number of carboxylic acids is 2. The number of amides is 1. The van der Waals surface area contributed by atoms with Crippen LogP contribution in [0.15, 0.2) is 47.4 Å². The summed E-state index contributed by atoms with van der Waals surface area (Å²) in [6.07, 6.45) is -3.44. The van der Waals surface area contributed by atoms with E-state index in [0.717, 1.165) is 16.8 Å². The number of hydrogen-bond donors (Lipinski definition) is 4. The van der Waals surface area contributed by atoms with Crippen molar-refractivity contribution < 1.29 is 42.9 Å². The van der Waals surface area contributed by atoms with Crippen LogP contribution in [0.2, 0.25) is 5.02 Å². The normalized spacial score (nSPS) is 12.2. The summed E-state index contributed by atoms with van der Waals surface area (Å²) in [6.45, 7) is -0.498. The van der Waals surface area contributed by atoms with E-state index in [2.05, 4.69) is 10.3 Å². The molecule has 39 heavy (non-hydrogen) atoms. The third-order valence-corrected chi connectivity index (χ3v) is 6.50. The topological polar surface area (TPSA) is 159 Å². The Morgan fingerprint density at radius 3 is 2.38 bits per heavy atom. The fourth-order valence-electron chi connectivity index (χ4n) is 3.51. The lowest BCUT2D eigenvalue weighted by atomic mass is 10.1. The molecule has 0 fully saturated rings. The van der Waals surface area contributed by atoms with Crippen molar-refractivity contribution >= 4 is 41.2 Å². The van der Waals surface area contributed by atoms with Gasteiger partial charge in [0, 0.05) is 39.5 Å². The first-order valence-corrected chi connectivity index (χ1v) is 12.4. The van der Waals surface area contributed by atoms with Crippen LogP contribution in [0.1, 0.15) is 27.2 Å². The Hall–Kier alpha value is -4.04. The second-order valence-corrected chi connectivity index (χ2v) is 9.40. The number of pyridine rings is 2. The number of benzene rings is 1. The van der Waals surface area contributed by atoms with E-state index in [0.29, 0.717) is 27.8 Å². The molecule has 4 rings (SSSR count). The fourth-order valence-corrected chi connectivity index (χ4v) is 4.83. The molecule has 206 valence electrons. The first-order chi connectivity index (χ1) is 18.3. The molecule has 3 heterocycles. The number of fused-ring (bicyclic) bond motifs is 1. The molecule has 1 aliphatic rings. The van der Waals surface area contributed by atoms with E-state index in [9.17, 15) is 32.7 Å². The van der Waals surface area contributed by atoms with E-state index >= 15 is 0 Å². The van der Waals surface area contributed by atoms with Crippen LogP contribution in [-0.4, -0.2) is 55.4 Å². The fraction of sp³-hybridized carbons (Fsp3) is 0.208. The van der Waals surface area contributed by atoms with Crippen LogP contribution in [0.4, 0.5) is 13.2 Å². The van der Waals surface area contributed by atoms with Gasteiger partial charge in [-0.25, -0.2) is 4.79 Å². The molecule has 3 aromatic rings. The highest BCUT2D eigenvalue weighted by Crippen LogP contribution is 2.36. The van der Waals surface area contributed by atoms with Crippen LogP contribution in [-0.2, 0) is 27.6 Å². The summed E-state index contributed by atoms with van der Waals surface area (Å²) in [4.78, 5) is 49.7. The molecule has 0 saturated heterocycles. The Morgan fingerprint density at radius 2 is 1.82 bits per heavy atom. The second kappa shape index (κ2) is 12.2. The zero-order valence-electron chi connectivity index (χ0n) is 19.7. The Bertz CT molecular complexity index is 1480. The number of halogens is 4. The lowest BCUT2D eigenvalue weighted by molar-refractivity contribution is -0.192. The molecular formula is C24H19ClF3N3O7S. The van der Waals surface area contributed by atoms with Gasteiger partial charge in [-0.05, 0) is 23.8 Å². The monoisotopic (exact) mass is 585 g/mol. The van der Waals surface area contributed by atoms with Crippen molar-refractivity contribution in [1.29, 1.82) is 0 Å². The number of carboxylic acid groups (broad SMARTS) is 2. The minimum atomic E-state index is -5.08. The molecule has 0 atom stereocenters. The van der Waals surface area contributed by atoms with E-state index in [-0.39, 0.29) is 12.3 Å². The highest BCUT2D eigenvalue weighted by Gasteiger charge is 2.38. The number of carbonyl (C=O) groups is 3. The smallest absolute Gasteiger partial charge is 0.490 e. The molecule has 15 heteroatoms. The van der Waals surface area contributed by atoms with E-state index < -0.39 is 41.7 Å². The van der Waals surface area contributed by atoms with Crippen molar-refractivity contribution in [1.82, 2.24) is 14.9 Å². The zero-order chi connectivity index (χ0) is 28.9. The summed E-state index contributed by atoms with van der Waals surface area (Å²) < 4.78 is 33.2. The summed E-state index contributed by atoms with van der Waals surface area (Å²) in [5.41, 5.74) is 2.36. The van der Waals surface area contributed by atoms with Gasteiger partial charge in [-0.1, -0.05) is 29.8 Å². The van der Waals surface area contributed by atoms with E-state index in [1.807, 2.05) is 24.3 Å². The van der Waals surface area contributed by atoms with Gasteiger partial charge in [0.05, 0.1) is 12.2 Å². The number of rotatable bonds is 6. The Kier molecular flexibility index (Phi) is 9.24. The van der Waals surface area contributed by atoms with E-state index in [4.69, 9.17) is 26.6 Å². The summed E-state index contributed by atoms with van der Waals surface area (Å²) in [5, 5.41) is 29.2. The molecular weight excluding hydrogens is 567 g/mol. The van der Waals surface area contributed by atoms with Gasteiger partial charge >= 0.3 is 18.1 Å². The first-order valence-electron chi connectivity index (χ1n) is 10.9. The van der Waals surface area contributed by atoms with Crippen molar-refractivity contribution in [2.24, 2.45) is 0 Å². The van der Waals surface area contributed by atoms with Crippen molar-refractivity contribution in [3.8, 4) is 17.0 Å². The zero-order valence-corrected chi connectivity index (χ0v) is 21.2. The summed E-state index contributed by atoms with van der Waals surface area (Å²) >= 11 is 7.56. The Morgan fingerprint density at radius 1 is 1.13 bits per heavy atom. The molecule has 0 bridgehead atoms. The lowest BCUT2D eigenvalue weighted by Gasteiger charge is -2.16. The van der Waals surface area contributed by atoms with Gasteiger partial charge < -0.3 is 25.2 Å². The molecule has 1 amide bonds. The highest BCUT2D eigenvalue weighted by atomic mass is 35.5. The van der Waals surface area contributed by atoms with E-state index in [1.54, 1.807) is 18.3 Å². The highest BCUT2D eigenvalue weighted by molar-refractivity contribution is 7.98. The van der Waals surface area contributed by atoms with Gasteiger partial charge in [-0.3, -0.25) is 19.4 Å². The van der Waals surface area contributed by atoms with Gasteiger partial charge in [-0.15, -0.1) is 0 Å². The number of nitrogens with zero attached hydrogens (tertiary/aromatic N) is 2. The maximum Gasteiger partial charge on any atom is 0.490 e. The van der Waals surface area contributed by atoms with Crippen molar-refractivity contribution in [2.45, 2.75) is 24.2 Å². The van der Waals surface area contributed by atoms with Crippen molar-refractivity contribution in [2.75, 3.05) is 6.54 Å². The van der Waals surface area contributed by atoms with Gasteiger partial charge in [0.25, 0.3) is 11.5 Å². The molecule has 1 aromatic carbocycles. The van der Waals surface area contributed by atoms with Crippen molar-refractivity contribution in [3.05, 3.63) is 80.4 Å². The van der Waals surface area contributed by atoms with Gasteiger partial charge in [0.15, 0.2) is 0 Å². The minimum absolute atomic E-state index is 0.157. The minimum Gasteiger partial charge on any atom is -0.507 e. The predicted octanol–water partition coefficient (Wildman–Crippen LogP) is 3.51. The van der Waals surface area contributed by atoms with Crippen molar-refractivity contribution in [3.63, 3.8) is 0 Å². The number of nitrogens with one attached hydrogen (secondary N) is 1. The van der Waals surface area contributed by atoms with Crippen LogP contribution in [0.3, 0.4) is 0 Å². The second-order valence-electron chi connectivity index (χ2n) is 7.97. The standard InChI is InChI=1S/C22H18ClN3O5S.C2HF3O2/c23-14-3-1-2-13(6-14)16-5-4-12(7-24-16)9-26-17-11-32-10-15(17)20(29)19(22(26)31)21(30)25-8-18(27)28;3-2(4,5)1(6)7/h1-7,29H,8-11H2,(H,25,30)(H,27,28);(H,6,7). The maximum absolute atomic E-state index is 13.1. The summed E-state index contributed by atoms with van der Waals surface area (Å²) in [5.74, 6) is -4.34. The average Bonchev–Trinajstić information content (AvgIpc) is 3.36. The first kappa shape index (κ1) is 29.5. The average molecular weight is 586 g/mol. The van der Waals surface area contributed by atoms with Crippen LogP contribution in [0, 0.1) is 0 Å². The molecule has 0 radical (unpaired) electrons. The molecule has 0 unspecified atom stereocenters. The number of hydrogen-bond acceptors (Lipinski definition) is 7. The molecule has 1 aliphatic heterocycles. The quantitative estimate of drug-likeness (QED) is 0.339. The molecule has 0 saturated carbocycles. The Balaban J connectivity index is 0.000000532. The van der Waals surface area contributed by atoms with Crippen LogP contribution >= 0.6 is 23.4 Å². The SMILES string of the molecule is O=C(O)C(F)(F)F.O=C(O)CNC(=O)c1c(O)c2c(n(Cc3ccc(-c4cccc(Cl)c4)nc3)c1=O)CSC2. The maximum atomic E-state index is 13.1. The number of carbonyl (C=O) groups excluding carboxylic acids is 1. The van der Waals surface area contributed by atoms with Gasteiger partial charge in [-0.2, -0.15) is 24.9 Å². The third-order valence-electron chi connectivity index (χ3n) is 5.30. The number of aromatic nitrogens is 2. The molecule has 0 spiro atoms. The van der Waals surface area contributed by atoms with Crippen LogP contribution in [0.5, 0.6) is 5.75 Å². The van der Waals surface area contributed by atoms with Crippen LogP contribution in [0.25, 0.3) is 11.3 Å². The van der Waals surface area contributed by atoms with Gasteiger partial charge in [0.2, 0.25) is 0 Å². The largest absolute Gasteiger partial charge is 0.507 e. The van der Waals surface area contributed by atoms with E-state index in [1.165, 1.54) is 16.3 Å². The summed E-state index contributed by atoms with van der Waals surface area (Å²) in [7, 11) is 0. The number of alkyl halides is 3. The lowest BCUT2D eigenvalue weighted by Crippen LogP contribution is -2.37. The molecule has 10 nitrogen and oxygen atoms in total. The van der Waals surface area contributed by atoms with Crippen LogP contribution < -0.4 is 10.9 Å².